The van der Waals surface area contributed by atoms with E-state index in [1.54, 1.807) is 24.1 Å². The first kappa shape index (κ1) is 11.7. The van der Waals surface area contributed by atoms with Gasteiger partial charge in [-0.3, -0.25) is 4.79 Å². The van der Waals surface area contributed by atoms with Gasteiger partial charge in [0.25, 0.3) is 0 Å². The van der Waals surface area contributed by atoms with Crippen molar-refractivity contribution in [1.82, 2.24) is 5.32 Å². The molecule has 1 aromatic rings. The number of amides is 1. The Balaban J connectivity index is 2.25. The zero-order valence-electron chi connectivity index (χ0n) is 8.84. The van der Waals surface area contributed by atoms with E-state index in [0.29, 0.717) is 16.6 Å². The summed E-state index contributed by atoms with van der Waals surface area (Å²) in [6.45, 7) is 0.711. The molecule has 0 radical (unpaired) electrons. The second-order valence-corrected chi connectivity index (χ2v) is 4.53. The summed E-state index contributed by atoms with van der Waals surface area (Å²) in [4.78, 5) is 13.6. The molecule has 3 nitrogen and oxygen atoms in total. The molecule has 0 bridgehead atoms. The number of nitrogens with zero attached hydrogens (tertiary/aromatic N) is 1. The van der Waals surface area contributed by atoms with E-state index in [9.17, 15) is 4.79 Å². The molecule has 16 heavy (non-hydrogen) atoms. The van der Waals surface area contributed by atoms with E-state index in [4.69, 9.17) is 23.2 Å². The van der Waals surface area contributed by atoms with Gasteiger partial charge in [-0.1, -0.05) is 23.2 Å². The molecule has 2 rings (SSSR count). The Kier molecular flexibility index (Phi) is 3.38. The van der Waals surface area contributed by atoms with Crippen molar-refractivity contribution in [2.24, 2.45) is 0 Å². The van der Waals surface area contributed by atoms with Gasteiger partial charge in [-0.05, 0) is 31.7 Å². The number of nitrogens with one attached hydrogen (secondary N) is 1. The lowest BCUT2D eigenvalue weighted by molar-refractivity contribution is -0.118. The van der Waals surface area contributed by atoms with Gasteiger partial charge in [0.2, 0.25) is 5.91 Å². The van der Waals surface area contributed by atoms with E-state index >= 15 is 0 Å². The van der Waals surface area contributed by atoms with Crippen molar-refractivity contribution in [3.05, 3.63) is 28.2 Å². The van der Waals surface area contributed by atoms with Crippen LogP contribution >= 0.6 is 23.2 Å². The minimum Gasteiger partial charge on any atom is -0.311 e. The van der Waals surface area contributed by atoms with E-state index in [2.05, 4.69) is 5.32 Å². The summed E-state index contributed by atoms with van der Waals surface area (Å²) in [6, 6.07) is 5.15. The maximum atomic E-state index is 11.9. The van der Waals surface area contributed by atoms with Crippen LogP contribution in [-0.2, 0) is 4.79 Å². The average molecular weight is 259 g/mol. The number of hydrogen-bond acceptors (Lipinski definition) is 2. The van der Waals surface area contributed by atoms with Crippen LogP contribution in [0, 0.1) is 0 Å². The minimum atomic E-state index is -0.0885. The van der Waals surface area contributed by atoms with Gasteiger partial charge in [-0.15, -0.1) is 0 Å². The fraction of sp³-hybridized carbons (Fsp3) is 0.364. The van der Waals surface area contributed by atoms with E-state index < -0.39 is 0 Å². The van der Waals surface area contributed by atoms with Crippen LogP contribution in [0.4, 0.5) is 5.69 Å². The molecule has 1 fully saturated rings. The first-order chi connectivity index (χ1) is 7.63. The molecule has 1 unspecified atom stereocenters. The molecule has 1 aliphatic rings. The van der Waals surface area contributed by atoms with E-state index in [1.165, 1.54) is 0 Å². The number of carbonyl (C=O) groups excluding carboxylic acids is 1. The van der Waals surface area contributed by atoms with Crippen LogP contribution in [0.15, 0.2) is 18.2 Å². The first-order valence-corrected chi connectivity index (χ1v) is 5.83. The van der Waals surface area contributed by atoms with Crippen LogP contribution in [0.25, 0.3) is 0 Å². The summed E-state index contributed by atoms with van der Waals surface area (Å²) in [6.07, 6.45) is 0.815. The molecule has 0 saturated carbocycles. The van der Waals surface area contributed by atoms with Crippen molar-refractivity contribution in [3.63, 3.8) is 0 Å². The lowest BCUT2D eigenvalue weighted by Gasteiger charge is -2.17. The molecule has 5 heteroatoms. The van der Waals surface area contributed by atoms with Crippen LogP contribution < -0.4 is 10.2 Å². The van der Waals surface area contributed by atoms with Crippen molar-refractivity contribution < 1.29 is 4.79 Å². The second-order valence-electron chi connectivity index (χ2n) is 3.72. The SMILES string of the molecule is CNC1CCN(c2ccc(Cl)c(Cl)c2)C1=O. The summed E-state index contributed by atoms with van der Waals surface area (Å²) in [7, 11) is 1.79. The fourth-order valence-electron chi connectivity index (χ4n) is 1.86. The number of likely N-dealkylation sites (N-methyl/N-ethyl adjacent to an activating group) is 1. The van der Waals surface area contributed by atoms with E-state index in [0.717, 1.165) is 12.1 Å². The molecule has 0 spiro atoms. The van der Waals surface area contributed by atoms with Gasteiger partial charge in [0.05, 0.1) is 16.1 Å². The summed E-state index contributed by atoms with van der Waals surface area (Å²) in [5, 5.41) is 3.96. The van der Waals surface area contributed by atoms with Gasteiger partial charge < -0.3 is 10.2 Å². The number of halogens is 2. The van der Waals surface area contributed by atoms with E-state index in [1.807, 2.05) is 6.07 Å². The Bertz CT molecular complexity index is 422. The zero-order chi connectivity index (χ0) is 11.7. The van der Waals surface area contributed by atoms with Gasteiger partial charge in [0, 0.05) is 12.2 Å². The highest BCUT2D eigenvalue weighted by atomic mass is 35.5. The summed E-state index contributed by atoms with van der Waals surface area (Å²) < 4.78 is 0. The normalized spacial score (nSPS) is 20.6. The monoisotopic (exact) mass is 258 g/mol. The third kappa shape index (κ3) is 2.03. The molecule has 0 aliphatic carbocycles. The van der Waals surface area contributed by atoms with Crippen LogP contribution in [0.2, 0.25) is 10.0 Å². The Morgan fingerprint density at radius 1 is 1.38 bits per heavy atom. The van der Waals surface area contributed by atoms with Crippen molar-refractivity contribution in [3.8, 4) is 0 Å². The van der Waals surface area contributed by atoms with Gasteiger partial charge >= 0.3 is 0 Å². The minimum absolute atomic E-state index is 0.0842. The number of anilines is 1. The lowest BCUT2D eigenvalue weighted by Crippen LogP contribution is -2.36. The summed E-state index contributed by atoms with van der Waals surface area (Å²) >= 11 is 11.8. The van der Waals surface area contributed by atoms with Crippen LogP contribution in [0.3, 0.4) is 0 Å². The highest BCUT2D eigenvalue weighted by Gasteiger charge is 2.31. The molecule has 1 aromatic carbocycles. The number of carbonyl (C=O) groups is 1. The smallest absolute Gasteiger partial charge is 0.244 e. The summed E-state index contributed by atoms with van der Waals surface area (Å²) in [5.41, 5.74) is 0.803. The predicted octanol–water partition coefficient (Wildman–Crippen LogP) is 2.32. The van der Waals surface area contributed by atoms with Crippen molar-refractivity contribution in [1.29, 1.82) is 0 Å². The Morgan fingerprint density at radius 3 is 2.69 bits per heavy atom. The number of rotatable bonds is 2. The lowest BCUT2D eigenvalue weighted by atomic mass is 10.2. The highest BCUT2D eigenvalue weighted by Crippen LogP contribution is 2.29. The Hall–Kier alpha value is -0.770. The van der Waals surface area contributed by atoms with Gasteiger partial charge in [-0.2, -0.15) is 0 Å². The Morgan fingerprint density at radius 2 is 2.12 bits per heavy atom. The molecule has 0 aromatic heterocycles. The molecule has 1 saturated heterocycles. The Labute approximate surface area is 104 Å². The standard InChI is InChI=1S/C11H12Cl2N2O/c1-14-10-4-5-15(11(10)16)7-2-3-8(12)9(13)6-7/h2-3,6,10,14H,4-5H2,1H3. The van der Waals surface area contributed by atoms with Crippen LogP contribution in [0.5, 0.6) is 0 Å². The van der Waals surface area contributed by atoms with Crippen LogP contribution in [-0.4, -0.2) is 25.5 Å². The predicted molar refractivity (Wildman–Crippen MR) is 66.3 cm³/mol. The third-order valence-electron chi connectivity index (χ3n) is 2.77. The molecular formula is C11H12Cl2N2O. The molecule has 1 atom stereocenters. The largest absolute Gasteiger partial charge is 0.311 e. The molecule has 86 valence electrons. The molecule has 1 heterocycles. The quantitative estimate of drug-likeness (QED) is 0.883. The third-order valence-corrected chi connectivity index (χ3v) is 3.51. The highest BCUT2D eigenvalue weighted by molar-refractivity contribution is 6.42. The van der Waals surface area contributed by atoms with Crippen LogP contribution in [0.1, 0.15) is 6.42 Å². The van der Waals surface area contributed by atoms with Crippen molar-refractivity contribution >= 4 is 34.8 Å². The van der Waals surface area contributed by atoms with Gasteiger partial charge in [0.1, 0.15) is 0 Å². The average Bonchev–Trinajstić information content (AvgIpc) is 2.64. The van der Waals surface area contributed by atoms with Gasteiger partial charge in [-0.25, -0.2) is 0 Å². The van der Waals surface area contributed by atoms with Crippen molar-refractivity contribution in [2.75, 3.05) is 18.5 Å². The molecule has 1 amide bonds. The maximum absolute atomic E-state index is 11.9. The molecular weight excluding hydrogens is 247 g/mol. The first-order valence-electron chi connectivity index (χ1n) is 5.07. The molecule has 1 aliphatic heterocycles. The van der Waals surface area contributed by atoms with Gasteiger partial charge in [0.15, 0.2) is 0 Å². The second kappa shape index (κ2) is 4.62. The number of hydrogen-bond donors (Lipinski definition) is 1. The summed E-state index contributed by atoms with van der Waals surface area (Å²) in [5.74, 6) is 0.0842. The van der Waals surface area contributed by atoms with E-state index in [-0.39, 0.29) is 11.9 Å². The number of benzene rings is 1. The zero-order valence-corrected chi connectivity index (χ0v) is 10.3. The molecule has 1 N–H and O–H groups in total. The fourth-order valence-corrected chi connectivity index (χ4v) is 2.15. The maximum Gasteiger partial charge on any atom is 0.244 e. The topological polar surface area (TPSA) is 32.3 Å². The van der Waals surface area contributed by atoms with Crippen molar-refractivity contribution in [2.45, 2.75) is 12.5 Å².